The molecule has 0 fully saturated rings. The third-order valence-electron chi connectivity index (χ3n) is 3.43. The van der Waals surface area contributed by atoms with E-state index in [-0.39, 0.29) is 42.9 Å². The highest BCUT2D eigenvalue weighted by Gasteiger charge is 2.16. The highest BCUT2D eigenvalue weighted by atomic mass is 16.5. The van der Waals surface area contributed by atoms with Gasteiger partial charge in [-0.3, -0.25) is 9.59 Å². The zero-order valence-corrected chi connectivity index (χ0v) is 13.9. The van der Waals surface area contributed by atoms with Crippen molar-refractivity contribution in [3.8, 4) is 0 Å². The second-order valence-corrected chi connectivity index (χ2v) is 5.70. The van der Waals surface area contributed by atoms with Crippen LogP contribution in [0.5, 0.6) is 0 Å². The fourth-order valence-corrected chi connectivity index (χ4v) is 1.65. The molecule has 0 saturated heterocycles. The Morgan fingerprint density at radius 2 is 1.62 bits per heavy atom. The van der Waals surface area contributed by atoms with Crippen LogP contribution in [0.15, 0.2) is 12.7 Å². The first-order chi connectivity index (χ1) is 9.90. The van der Waals surface area contributed by atoms with Crippen LogP contribution in [0.2, 0.25) is 0 Å². The van der Waals surface area contributed by atoms with Gasteiger partial charge in [-0.2, -0.15) is 0 Å². The molecule has 0 rings (SSSR count). The molecule has 0 aliphatic carbocycles. The van der Waals surface area contributed by atoms with Crippen LogP contribution in [-0.2, 0) is 19.1 Å². The highest BCUT2D eigenvalue weighted by molar-refractivity contribution is 5.77. The van der Waals surface area contributed by atoms with Gasteiger partial charge in [0.1, 0.15) is 12.2 Å². The Morgan fingerprint density at radius 3 is 2.10 bits per heavy atom. The molecule has 0 aliphatic heterocycles. The van der Waals surface area contributed by atoms with Crippen molar-refractivity contribution in [3.63, 3.8) is 0 Å². The fourth-order valence-electron chi connectivity index (χ4n) is 1.65. The Labute approximate surface area is 128 Å². The van der Waals surface area contributed by atoms with E-state index in [4.69, 9.17) is 9.47 Å². The van der Waals surface area contributed by atoms with Gasteiger partial charge >= 0.3 is 11.9 Å². The maximum Gasteiger partial charge on any atom is 0.306 e. The van der Waals surface area contributed by atoms with Gasteiger partial charge in [-0.1, -0.05) is 46.3 Å². The van der Waals surface area contributed by atoms with Crippen molar-refractivity contribution < 1.29 is 19.1 Å². The lowest BCUT2D eigenvalue weighted by atomic mass is 10.1. The molecule has 0 radical (unpaired) electrons. The van der Waals surface area contributed by atoms with Crippen LogP contribution in [0.25, 0.3) is 0 Å². The average molecular weight is 298 g/mol. The molecular formula is C17H30O4. The molecule has 0 spiro atoms. The first-order valence-corrected chi connectivity index (χ1v) is 7.92. The van der Waals surface area contributed by atoms with Crippen LogP contribution in [0.4, 0.5) is 0 Å². The van der Waals surface area contributed by atoms with Crippen molar-refractivity contribution in [2.24, 2.45) is 5.92 Å². The Bertz CT molecular complexity index is 323. The molecular weight excluding hydrogens is 268 g/mol. The molecule has 0 aromatic carbocycles. The molecule has 4 nitrogen and oxygen atoms in total. The third kappa shape index (κ3) is 10.1. The maximum absolute atomic E-state index is 11.7. The highest BCUT2D eigenvalue weighted by Crippen LogP contribution is 2.11. The van der Waals surface area contributed by atoms with E-state index in [1.807, 2.05) is 20.8 Å². The summed E-state index contributed by atoms with van der Waals surface area (Å²) >= 11 is 0. The van der Waals surface area contributed by atoms with Crippen molar-refractivity contribution in [1.29, 1.82) is 0 Å². The van der Waals surface area contributed by atoms with Crippen molar-refractivity contribution in [2.75, 3.05) is 0 Å². The lowest BCUT2D eigenvalue weighted by Gasteiger charge is -2.17. The fraction of sp³-hybridized carbons (Fsp3) is 0.765. The SMILES string of the molecule is C=CC(CCCCC)OC(=O)CCC(=O)OC(C)C(C)C. The number of ether oxygens (including phenoxy) is 2. The topological polar surface area (TPSA) is 52.6 Å². The van der Waals surface area contributed by atoms with E-state index < -0.39 is 0 Å². The van der Waals surface area contributed by atoms with Gasteiger partial charge in [0.05, 0.1) is 12.8 Å². The van der Waals surface area contributed by atoms with Crippen LogP contribution < -0.4 is 0 Å². The minimum absolute atomic E-state index is 0.0573. The zero-order valence-electron chi connectivity index (χ0n) is 13.9. The predicted octanol–water partition coefficient (Wildman–Crippen LogP) is 4.03. The Kier molecular flexibility index (Phi) is 10.6. The van der Waals surface area contributed by atoms with E-state index in [9.17, 15) is 9.59 Å². The molecule has 0 aromatic rings. The summed E-state index contributed by atoms with van der Waals surface area (Å²) in [5.74, 6) is -0.454. The number of hydrogen-bond donors (Lipinski definition) is 0. The smallest absolute Gasteiger partial charge is 0.306 e. The first kappa shape index (κ1) is 19.7. The second-order valence-electron chi connectivity index (χ2n) is 5.70. The molecule has 0 saturated carbocycles. The Balaban J connectivity index is 3.96. The minimum atomic E-state index is -0.370. The summed E-state index contributed by atoms with van der Waals surface area (Å²) in [6.45, 7) is 11.6. The van der Waals surface area contributed by atoms with Crippen molar-refractivity contribution in [2.45, 2.75) is 78.4 Å². The zero-order chi connectivity index (χ0) is 16.3. The van der Waals surface area contributed by atoms with Gasteiger partial charge in [-0.15, -0.1) is 0 Å². The quantitative estimate of drug-likeness (QED) is 0.328. The molecule has 0 aliphatic rings. The number of carbonyl (C=O) groups is 2. The van der Waals surface area contributed by atoms with Gasteiger partial charge in [0.15, 0.2) is 0 Å². The number of carbonyl (C=O) groups excluding carboxylic acids is 2. The van der Waals surface area contributed by atoms with Crippen LogP contribution in [0, 0.1) is 5.92 Å². The van der Waals surface area contributed by atoms with E-state index in [2.05, 4.69) is 13.5 Å². The van der Waals surface area contributed by atoms with E-state index in [0.29, 0.717) is 0 Å². The van der Waals surface area contributed by atoms with Crippen LogP contribution >= 0.6 is 0 Å². The summed E-state index contributed by atoms with van der Waals surface area (Å²) in [7, 11) is 0. The number of hydrogen-bond acceptors (Lipinski definition) is 4. The molecule has 0 N–H and O–H groups in total. The Morgan fingerprint density at radius 1 is 1.05 bits per heavy atom. The van der Waals surface area contributed by atoms with E-state index in [1.165, 1.54) is 0 Å². The summed E-state index contributed by atoms with van der Waals surface area (Å²) < 4.78 is 10.5. The van der Waals surface area contributed by atoms with E-state index in [0.717, 1.165) is 25.7 Å². The maximum atomic E-state index is 11.7. The number of unbranched alkanes of at least 4 members (excludes halogenated alkanes) is 2. The van der Waals surface area contributed by atoms with Crippen LogP contribution in [0.3, 0.4) is 0 Å². The van der Waals surface area contributed by atoms with Gasteiger partial charge in [-0.25, -0.2) is 0 Å². The second kappa shape index (κ2) is 11.4. The summed E-state index contributed by atoms with van der Waals surface area (Å²) in [6.07, 6.45) is 5.41. The molecule has 0 heterocycles. The first-order valence-electron chi connectivity index (χ1n) is 7.92. The lowest BCUT2D eigenvalue weighted by Crippen LogP contribution is -2.21. The molecule has 2 atom stereocenters. The summed E-state index contributed by atoms with van der Waals surface area (Å²) in [4.78, 5) is 23.3. The monoisotopic (exact) mass is 298 g/mol. The number of esters is 2. The minimum Gasteiger partial charge on any atom is -0.462 e. The van der Waals surface area contributed by atoms with Crippen molar-refractivity contribution in [3.05, 3.63) is 12.7 Å². The molecule has 122 valence electrons. The van der Waals surface area contributed by atoms with E-state index >= 15 is 0 Å². The van der Waals surface area contributed by atoms with Crippen molar-refractivity contribution in [1.82, 2.24) is 0 Å². The van der Waals surface area contributed by atoms with Gasteiger partial charge < -0.3 is 9.47 Å². The lowest BCUT2D eigenvalue weighted by molar-refractivity contribution is -0.155. The van der Waals surface area contributed by atoms with Gasteiger partial charge in [-0.05, 0) is 25.7 Å². The number of rotatable bonds is 11. The largest absolute Gasteiger partial charge is 0.462 e. The Hall–Kier alpha value is -1.32. The molecule has 2 unspecified atom stereocenters. The normalized spacial score (nSPS) is 13.6. The van der Waals surface area contributed by atoms with Crippen molar-refractivity contribution >= 4 is 11.9 Å². The van der Waals surface area contributed by atoms with E-state index in [1.54, 1.807) is 6.08 Å². The van der Waals surface area contributed by atoms with Gasteiger partial charge in [0.25, 0.3) is 0 Å². The molecule has 21 heavy (non-hydrogen) atoms. The standard InChI is InChI=1S/C17H30O4/c1-6-8-9-10-15(7-2)21-17(19)12-11-16(18)20-14(5)13(3)4/h7,13-15H,2,6,8-12H2,1,3-5H3. The molecule has 0 bridgehead atoms. The van der Waals surface area contributed by atoms with Crippen LogP contribution in [-0.4, -0.2) is 24.1 Å². The van der Waals surface area contributed by atoms with Crippen LogP contribution in [0.1, 0.15) is 66.2 Å². The third-order valence-corrected chi connectivity index (χ3v) is 3.43. The molecule has 4 heteroatoms. The van der Waals surface area contributed by atoms with Gasteiger partial charge in [0, 0.05) is 0 Å². The summed E-state index contributed by atoms with van der Waals surface area (Å²) in [5, 5.41) is 0. The average Bonchev–Trinajstić information content (AvgIpc) is 2.44. The summed E-state index contributed by atoms with van der Waals surface area (Å²) in [6, 6.07) is 0. The summed E-state index contributed by atoms with van der Waals surface area (Å²) in [5.41, 5.74) is 0. The van der Waals surface area contributed by atoms with Gasteiger partial charge in [0.2, 0.25) is 0 Å². The predicted molar refractivity (Wildman–Crippen MR) is 83.8 cm³/mol. The molecule has 0 amide bonds. The molecule has 0 aromatic heterocycles.